The van der Waals surface area contributed by atoms with Gasteiger partial charge in [-0.3, -0.25) is 4.57 Å². The monoisotopic (exact) mass is 411 g/mol. The Morgan fingerprint density at radius 3 is 2.93 bits per heavy atom. The van der Waals surface area contributed by atoms with Gasteiger partial charge < -0.3 is 14.6 Å². The standard InChI is InChI=1S/C15H15Cl2N7O3/c1-2-6-3-24(22-21-6)7-4-26-11-9(25)14(27-10(7)11)23-5-18-8-12(16)19-15(17)20-13(8)23/h3,5,7,9-11,14,25H,2,4H2,1H3/t7-,9+,10?,11?,14+/m0/s1. The molecular formula is C15H15Cl2N7O3. The summed E-state index contributed by atoms with van der Waals surface area (Å²) in [6.07, 6.45) is 1.61. The molecule has 2 aliphatic rings. The van der Waals surface area contributed by atoms with Crippen LogP contribution in [0, 0.1) is 0 Å². The highest BCUT2D eigenvalue weighted by atomic mass is 35.5. The van der Waals surface area contributed by atoms with Crippen molar-refractivity contribution in [3.8, 4) is 0 Å². The molecule has 2 saturated heterocycles. The van der Waals surface area contributed by atoms with Gasteiger partial charge in [-0.1, -0.05) is 23.7 Å². The van der Waals surface area contributed by atoms with Crippen molar-refractivity contribution in [2.24, 2.45) is 0 Å². The molecule has 5 rings (SSSR count). The minimum atomic E-state index is -0.918. The minimum Gasteiger partial charge on any atom is -0.386 e. The van der Waals surface area contributed by atoms with Crippen LogP contribution in [-0.2, 0) is 15.9 Å². The SMILES string of the molecule is CCc1cn([C@H]2COC3C2O[C@@H](n2cnc4c(Cl)nc(Cl)nc42)[C@@H]3O)nn1. The first kappa shape index (κ1) is 17.3. The molecule has 0 amide bonds. The van der Waals surface area contributed by atoms with Gasteiger partial charge in [0, 0.05) is 6.20 Å². The van der Waals surface area contributed by atoms with Crippen LogP contribution in [0.25, 0.3) is 11.2 Å². The lowest BCUT2D eigenvalue weighted by Crippen LogP contribution is -2.31. The average Bonchev–Trinajstić information content (AvgIpc) is 3.39. The smallest absolute Gasteiger partial charge is 0.225 e. The predicted molar refractivity (Wildman–Crippen MR) is 93.4 cm³/mol. The van der Waals surface area contributed by atoms with E-state index in [1.165, 1.54) is 6.33 Å². The summed E-state index contributed by atoms with van der Waals surface area (Å²) in [6, 6.07) is -0.181. The van der Waals surface area contributed by atoms with Crippen LogP contribution in [0.2, 0.25) is 10.4 Å². The van der Waals surface area contributed by atoms with Gasteiger partial charge in [-0.15, -0.1) is 5.10 Å². The van der Waals surface area contributed by atoms with Gasteiger partial charge in [-0.25, -0.2) is 14.6 Å². The van der Waals surface area contributed by atoms with Gasteiger partial charge in [0.05, 0.1) is 18.6 Å². The lowest BCUT2D eigenvalue weighted by Gasteiger charge is -2.20. The first-order valence-electron chi connectivity index (χ1n) is 8.48. The summed E-state index contributed by atoms with van der Waals surface area (Å²) >= 11 is 12.0. The van der Waals surface area contributed by atoms with Gasteiger partial charge in [0.25, 0.3) is 0 Å². The van der Waals surface area contributed by atoms with Crippen molar-refractivity contribution < 1.29 is 14.6 Å². The zero-order chi connectivity index (χ0) is 18.7. The third kappa shape index (κ3) is 2.63. The van der Waals surface area contributed by atoms with E-state index in [1.54, 1.807) is 9.25 Å². The molecule has 2 fully saturated rings. The third-order valence-corrected chi connectivity index (χ3v) is 5.41. The molecule has 0 aliphatic carbocycles. The molecule has 3 aromatic heterocycles. The molecule has 0 spiro atoms. The summed E-state index contributed by atoms with van der Waals surface area (Å²) in [6.45, 7) is 2.40. The van der Waals surface area contributed by atoms with Crippen molar-refractivity contribution in [2.75, 3.05) is 6.61 Å². The molecular weight excluding hydrogens is 397 g/mol. The maximum atomic E-state index is 10.8. The first-order valence-corrected chi connectivity index (χ1v) is 9.24. The van der Waals surface area contributed by atoms with Crippen LogP contribution in [-0.4, -0.2) is 64.5 Å². The summed E-state index contributed by atoms with van der Waals surface area (Å²) in [5, 5.41) is 19.2. The molecule has 5 atom stereocenters. The maximum Gasteiger partial charge on any atom is 0.225 e. The summed E-state index contributed by atoms with van der Waals surface area (Å²) in [4.78, 5) is 12.3. The molecule has 12 heteroatoms. The fraction of sp³-hybridized carbons (Fsp3) is 0.533. The zero-order valence-corrected chi connectivity index (χ0v) is 15.6. The number of rotatable bonds is 3. The molecule has 1 N–H and O–H groups in total. The van der Waals surface area contributed by atoms with Crippen LogP contribution in [0.3, 0.4) is 0 Å². The van der Waals surface area contributed by atoms with E-state index in [-0.39, 0.29) is 22.6 Å². The fourth-order valence-corrected chi connectivity index (χ4v) is 4.04. The summed E-state index contributed by atoms with van der Waals surface area (Å²) in [7, 11) is 0. The summed E-state index contributed by atoms with van der Waals surface area (Å²) < 4.78 is 15.3. The van der Waals surface area contributed by atoms with Gasteiger partial charge in [0.1, 0.15) is 29.9 Å². The van der Waals surface area contributed by atoms with Crippen molar-refractivity contribution in [1.82, 2.24) is 34.5 Å². The number of halogens is 2. The Labute approximate surface area is 163 Å². The number of ether oxygens (including phenoxy) is 2. The van der Waals surface area contributed by atoms with Gasteiger partial charge in [0.2, 0.25) is 5.28 Å². The molecule has 0 saturated carbocycles. The van der Waals surface area contributed by atoms with E-state index in [0.29, 0.717) is 17.8 Å². The van der Waals surface area contributed by atoms with Crippen molar-refractivity contribution in [3.63, 3.8) is 0 Å². The quantitative estimate of drug-likeness (QED) is 0.504. The largest absolute Gasteiger partial charge is 0.386 e. The number of aliphatic hydroxyl groups is 1. The van der Waals surface area contributed by atoms with E-state index in [9.17, 15) is 5.11 Å². The van der Waals surface area contributed by atoms with E-state index < -0.39 is 18.4 Å². The number of fused-ring (bicyclic) bond motifs is 2. The van der Waals surface area contributed by atoms with Crippen LogP contribution in [0.15, 0.2) is 12.5 Å². The highest BCUT2D eigenvalue weighted by Gasteiger charge is 2.54. The number of imidazole rings is 1. The first-order chi connectivity index (χ1) is 13.1. The second-order valence-corrected chi connectivity index (χ2v) is 7.19. The lowest BCUT2D eigenvalue weighted by molar-refractivity contribution is -0.0589. The van der Waals surface area contributed by atoms with Crippen molar-refractivity contribution in [3.05, 3.63) is 28.7 Å². The molecule has 0 aromatic carbocycles. The van der Waals surface area contributed by atoms with E-state index in [4.69, 9.17) is 32.7 Å². The molecule has 3 aromatic rings. The van der Waals surface area contributed by atoms with Crippen molar-refractivity contribution in [2.45, 2.75) is 43.9 Å². The number of hydrogen-bond acceptors (Lipinski definition) is 8. The van der Waals surface area contributed by atoms with Gasteiger partial charge in [-0.2, -0.15) is 4.98 Å². The summed E-state index contributed by atoms with van der Waals surface area (Å²) in [5.74, 6) is 0. The van der Waals surface area contributed by atoms with Crippen LogP contribution < -0.4 is 0 Å². The number of hydrogen-bond donors (Lipinski definition) is 1. The van der Waals surface area contributed by atoms with Crippen molar-refractivity contribution >= 4 is 34.4 Å². The number of aromatic nitrogens is 7. The Hall–Kier alpha value is -1.85. The van der Waals surface area contributed by atoms with Crippen LogP contribution in [0.5, 0.6) is 0 Å². The van der Waals surface area contributed by atoms with E-state index in [2.05, 4.69) is 25.3 Å². The maximum absolute atomic E-state index is 10.8. The highest BCUT2D eigenvalue weighted by molar-refractivity contribution is 6.35. The topological polar surface area (TPSA) is 113 Å². The molecule has 5 heterocycles. The Morgan fingerprint density at radius 2 is 2.15 bits per heavy atom. The van der Waals surface area contributed by atoms with Gasteiger partial charge >= 0.3 is 0 Å². The van der Waals surface area contributed by atoms with Crippen LogP contribution in [0.1, 0.15) is 24.9 Å². The Kier molecular flexibility index (Phi) is 4.06. The molecule has 2 aliphatic heterocycles. The van der Waals surface area contributed by atoms with Gasteiger partial charge in [-0.05, 0) is 18.0 Å². The summed E-state index contributed by atoms with van der Waals surface area (Å²) in [5.41, 5.74) is 1.65. The van der Waals surface area contributed by atoms with Crippen molar-refractivity contribution in [1.29, 1.82) is 0 Å². The molecule has 2 unspecified atom stereocenters. The molecule has 0 radical (unpaired) electrons. The minimum absolute atomic E-state index is 0.00855. The van der Waals surface area contributed by atoms with E-state index in [0.717, 1.165) is 12.1 Å². The third-order valence-electron chi connectivity index (χ3n) is 4.97. The Morgan fingerprint density at radius 1 is 1.30 bits per heavy atom. The Bertz CT molecular complexity index is 1010. The molecule has 0 bridgehead atoms. The lowest BCUT2D eigenvalue weighted by atomic mass is 10.1. The highest BCUT2D eigenvalue weighted by Crippen LogP contribution is 2.42. The van der Waals surface area contributed by atoms with Crippen LogP contribution in [0.4, 0.5) is 0 Å². The molecule has 27 heavy (non-hydrogen) atoms. The average molecular weight is 412 g/mol. The number of aliphatic hydroxyl groups excluding tert-OH is 1. The molecule has 142 valence electrons. The second kappa shape index (κ2) is 6.35. The normalized spacial score (nSPS) is 30.3. The predicted octanol–water partition coefficient (Wildman–Crippen LogP) is 1.19. The zero-order valence-electron chi connectivity index (χ0n) is 14.1. The molecule has 10 nitrogen and oxygen atoms in total. The van der Waals surface area contributed by atoms with Gasteiger partial charge in [0.15, 0.2) is 17.0 Å². The number of aryl methyl sites for hydroxylation is 1. The van der Waals surface area contributed by atoms with E-state index >= 15 is 0 Å². The number of nitrogens with zero attached hydrogens (tertiary/aromatic N) is 7. The Balaban J connectivity index is 1.48. The second-order valence-electron chi connectivity index (χ2n) is 6.50. The van der Waals surface area contributed by atoms with Crippen LogP contribution >= 0.6 is 23.2 Å². The van der Waals surface area contributed by atoms with E-state index in [1.807, 2.05) is 13.1 Å². The fourth-order valence-electron chi connectivity index (χ4n) is 3.62.